The van der Waals surface area contributed by atoms with Crippen molar-refractivity contribution in [2.24, 2.45) is 17.5 Å². The van der Waals surface area contributed by atoms with Crippen LogP contribution in [0, 0.1) is 5.41 Å². The fraction of sp³-hybridized carbons (Fsp3) is 0.500. The van der Waals surface area contributed by atoms with Crippen molar-refractivity contribution in [1.82, 2.24) is 20.0 Å². The smallest absolute Gasteiger partial charge is 0.246 e. The summed E-state index contributed by atoms with van der Waals surface area (Å²) >= 11 is 0. The molecule has 2 aromatic rings. The molecular weight excluding hydrogens is 491 g/mol. The second-order valence-corrected chi connectivity index (χ2v) is 8.34. The van der Waals surface area contributed by atoms with Crippen molar-refractivity contribution in [3.8, 4) is 0 Å². The topological polar surface area (TPSA) is 65.8 Å². The van der Waals surface area contributed by atoms with Crippen molar-refractivity contribution in [1.29, 1.82) is 0 Å². The van der Waals surface area contributed by atoms with E-state index in [1.807, 2.05) is 19.3 Å². The Morgan fingerprint density at radius 1 is 1.23 bits per heavy atom. The predicted octanol–water partition coefficient (Wildman–Crippen LogP) is 2.92. The van der Waals surface area contributed by atoms with E-state index in [9.17, 15) is 4.79 Å². The van der Waals surface area contributed by atoms with Crippen LogP contribution in [0.4, 0.5) is 5.69 Å². The number of hydrogen-bond donors (Lipinski definition) is 1. The maximum Gasteiger partial charge on any atom is 0.246 e. The van der Waals surface area contributed by atoms with Crippen LogP contribution in [0.3, 0.4) is 0 Å². The molecule has 1 saturated heterocycles. The average molecular weight is 524 g/mol. The average Bonchev–Trinajstić information content (AvgIpc) is 3.11. The quantitative estimate of drug-likeness (QED) is 0.359. The number of halogens is 1. The molecule has 1 fully saturated rings. The molecule has 8 heteroatoms. The number of aromatic nitrogens is 2. The molecule has 3 rings (SSSR count). The van der Waals surface area contributed by atoms with Crippen LogP contribution in [0.1, 0.15) is 26.3 Å². The largest absolute Gasteiger partial charge is 0.357 e. The molecule has 0 aliphatic carbocycles. The van der Waals surface area contributed by atoms with Crippen molar-refractivity contribution in [2.45, 2.75) is 27.2 Å². The first-order valence-corrected chi connectivity index (χ1v) is 10.2. The zero-order chi connectivity index (χ0) is 20.9. The minimum atomic E-state index is 0. The van der Waals surface area contributed by atoms with Crippen molar-refractivity contribution in [3.05, 3.63) is 48.3 Å². The molecule has 0 spiro atoms. The maximum atomic E-state index is 12.7. The molecule has 1 aliphatic rings. The van der Waals surface area contributed by atoms with E-state index >= 15 is 0 Å². The molecule has 1 aromatic heterocycles. The number of nitrogens with one attached hydrogen (secondary N) is 1. The molecule has 0 saturated carbocycles. The first kappa shape index (κ1) is 24.2. The number of amides is 1. The first-order valence-electron chi connectivity index (χ1n) is 10.2. The van der Waals surface area contributed by atoms with Crippen molar-refractivity contribution >= 4 is 41.5 Å². The summed E-state index contributed by atoms with van der Waals surface area (Å²) in [7, 11) is 1.86. The Morgan fingerprint density at radius 2 is 1.97 bits per heavy atom. The lowest BCUT2D eigenvalue weighted by atomic mass is 9.86. The molecule has 0 bridgehead atoms. The number of guanidine groups is 1. The summed E-state index contributed by atoms with van der Waals surface area (Å²) in [5, 5.41) is 7.53. The Hall–Kier alpha value is -2.10. The van der Waals surface area contributed by atoms with Gasteiger partial charge in [0, 0.05) is 39.4 Å². The van der Waals surface area contributed by atoms with E-state index in [-0.39, 0.29) is 35.3 Å². The zero-order valence-electron chi connectivity index (χ0n) is 18.3. The molecule has 30 heavy (non-hydrogen) atoms. The third-order valence-corrected chi connectivity index (χ3v) is 5.04. The van der Waals surface area contributed by atoms with E-state index in [0.717, 1.165) is 31.2 Å². The highest BCUT2D eigenvalue weighted by molar-refractivity contribution is 14.0. The molecule has 1 aliphatic heterocycles. The van der Waals surface area contributed by atoms with Crippen LogP contribution in [0.2, 0.25) is 0 Å². The summed E-state index contributed by atoms with van der Waals surface area (Å²) in [5.41, 5.74) is 2.20. The molecule has 7 nitrogen and oxygen atoms in total. The number of piperazine rings is 1. The Labute approximate surface area is 196 Å². The Morgan fingerprint density at radius 3 is 2.57 bits per heavy atom. The van der Waals surface area contributed by atoms with Crippen LogP contribution in [0.25, 0.3) is 0 Å². The third kappa shape index (κ3) is 6.45. The number of nitrogens with zero attached hydrogens (tertiary/aromatic N) is 5. The summed E-state index contributed by atoms with van der Waals surface area (Å²) < 4.78 is 1.72. The minimum Gasteiger partial charge on any atom is -0.357 e. The fourth-order valence-electron chi connectivity index (χ4n) is 3.59. The minimum absolute atomic E-state index is 0. The summed E-state index contributed by atoms with van der Waals surface area (Å²) in [6, 6.07) is 10.5. The number of carbonyl (C=O) groups excluding carboxylic acids is 1. The van der Waals surface area contributed by atoms with Gasteiger partial charge in [0.05, 0.1) is 11.9 Å². The second kappa shape index (κ2) is 10.8. The molecule has 1 amide bonds. The van der Waals surface area contributed by atoms with E-state index in [1.54, 1.807) is 15.8 Å². The Kier molecular flexibility index (Phi) is 8.69. The van der Waals surface area contributed by atoms with Crippen LogP contribution in [-0.2, 0) is 18.3 Å². The fourth-order valence-corrected chi connectivity index (χ4v) is 3.59. The van der Waals surface area contributed by atoms with Gasteiger partial charge in [-0.15, -0.1) is 24.0 Å². The molecule has 164 valence electrons. The third-order valence-electron chi connectivity index (χ3n) is 5.04. The monoisotopic (exact) mass is 524 g/mol. The summed E-state index contributed by atoms with van der Waals surface area (Å²) in [4.78, 5) is 21.5. The number of hydrogen-bond acceptors (Lipinski definition) is 3. The van der Waals surface area contributed by atoms with E-state index in [4.69, 9.17) is 4.99 Å². The van der Waals surface area contributed by atoms with Gasteiger partial charge in [0.25, 0.3) is 0 Å². The predicted molar refractivity (Wildman–Crippen MR) is 132 cm³/mol. The Bertz CT molecular complexity index is 848. The molecule has 1 N–H and O–H groups in total. The van der Waals surface area contributed by atoms with Crippen LogP contribution in [-0.4, -0.2) is 59.3 Å². The molecule has 2 heterocycles. The lowest BCUT2D eigenvalue weighted by Crippen LogP contribution is -2.55. The van der Waals surface area contributed by atoms with E-state index < -0.39 is 0 Å². The SMILES string of the molecule is CCNC(=NCC(C)(C)Cc1ccccc1)N1CCN(c2cnn(C)c2)C(=O)C1.I. The van der Waals surface area contributed by atoms with Gasteiger partial charge < -0.3 is 15.1 Å². The standard InChI is InChI=1S/C22H32N6O.HI/c1-5-23-21(24-17-22(2,3)13-18-9-7-6-8-10-18)27-11-12-28(20(29)16-27)19-14-25-26(4)15-19;/h6-10,14-15H,5,11-13,16-17H2,1-4H3,(H,23,24);1H. The van der Waals surface area contributed by atoms with Gasteiger partial charge >= 0.3 is 0 Å². The van der Waals surface area contributed by atoms with Crippen LogP contribution in [0.15, 0.2) is 47.7 Å². The summed E-state index contributed by atoms with van der Waals surface area (Å²) in [6.07, 6.45) is 4.57. The van der Waals surface area contributed by atoms with Gasteiger partial charge in [0.1, 0.15) is 6.54 Å². The molecule has 1 aromatic carbocycles. The molecule has 0 radical (unpaired) electrons. The van der Waals surface area contributed by atoms with Crippen LogP contribution < -0.4 is 10.2 Å². The lowest BCUT2D eigenvalue weighted by molar-refractivity contribution is -0.120. The van der Waals surface area contributed by atoms with Gasteiger partial charge in [0.15, 0.2) is 5.96 Å². The number of rotatable bonds is 6. The lowest BCUT2D eigenvalue weighted by Gasteiger charge is -2.36. The van der Waals surface area contributed by atoms with Crippen molar-refractivity contribution < 1.29 is 4.79 Å². The van der Waals surface area contributed by atoms with E-state index in [1.165, 1.54) is 5.56 Å². The Balaban J connectivity index is 0.00000320. The highest BCUT2D eigenvalue weighted by Crippen LogP contribution is 2.22. The number of benzene rings is 1. The summed E-state index contributed by atoms with van der Waals surface area (Å²) in [6.45, 7) is 9.68. The zero-order valence-corrected chi connectivity index (χ0v) is 20.7. The van der Waals surface area contributed by atoms with E-state index in [0.29, 0.717) is 19.6 Å². The number of carbonyl (C=O) groups is 1. The number of aryl methyl sites for hydroxylation is 1. The second-order valence-electron chi connectivity index (χ2n) is 8.34. The molecule has 0 atom stereocenters. The van der Waals surface area contributed by atoms with Gasteiger partial charge in [-0.25, -0.2) is 0 Å². The normalized spacial score (nSPS) is 15.2. The van der Waals surface area contributed by atoms with Gasteiger partial charge in [-0.3, -0.25) is 14.5 Å². The van der Waals surface area contributed by atoms with Gasteiger partial charge in [-0.1, -0.05) is 44.2 Å². The van der Waals surface area contributed by atoms with Crippen molar-refractivity contribution in [2.75, 3.05) is 37.6 Å². The highest BCUT2D eigenvalue weighted by atomic mass is 127. The molecule has 0 unspecified atom stereocenters. The van der Waals surface area contributed by atoms with Gasteiger partial charge in [-0.2, -0.15) is 5.10 Å². The number of aliphatic imine (C=N–C) groups is 1. The highest BCUT2D eigenvalue weighted by Gasteiger charge is 2.28. The van der Waals surface area contributed by atoms with E-state index in [2.05, 4.69) is 60.4 Å². The van der Waals surface area contributed by atoms with Gasteiger partial charge in [0.2, 0.25) is 5.91 Å². The summed E-state index contributed by atoms with van der Waals surface area (Å²) in [5.74, 6) is 0.881. The maximum absolute atomic E-state index is 12.7. The van der Waals surface area contributed by atoms with Crippen LogP contribution >= 0.6 is 24.0 Å². The number of anilines is 1. The molecular formula is C22H33IN6O. The van der Waals surface area contributed by atoms with Crippen molar-refractivity contribution in [3.63, 3.8) is 0 Å². The van der Waals surface area contributed by atoms with Gasteiger partial charge in [-0.05, 0) is 24.3 Å². The van der Waals surface area contributed by atoms with Crippen LogP contribution in [0.5, 0.6) is 0 Å². The first-order chi connectivity index (χ1) is 13.9.